The van der Waals surface area contributed by atoms with Gasteiger partial charge < -0.3 is 14.5 Å². The molecule has 1 N–H and O–H groups in total. The molecular weight excluding hydrogens is 394 g/mol. The number of hydrogen-bond acceptors (Lipinski definition) is 6. The molecular formula is C23H25N5O3. The average molecular weight is 419 g/mol. The first-order chi connectivity index (χ1) is 14.9. The van der Waals surface area contributed by atoms with Crippen molar-refractivity contribution in [3.63, 3.8) is 0 Å². The normalized spacial score (nSPS) is 11.4. The van der Waals surface area contributed by atoms with Gasteiger partial charge in [-0.25, -0.2) is 14.6 Å². The topological polar surface area (TPSA) is 95.1 Å². The summed E-state index contributed by atoms with van der Waals surface area (Å²) >= 11 is 0. The molecule has 1 amide bonds. The van der Waals surface area contributed by atoms with Gasteiger partial charge in [0.25, 0.3) is 5.91 Å². The Labute approximate surface area is 180 Å². The van der Waals surface area contributed by atoms with Gasteiger partial charge in [-0.15, -0.1) is 0 Å². The van der Waals surface area contributed by atoms with E-state index in [4.69, 9.17) is 14.1 Å². The van der Waals surface area contributed by atoms with E-state index < -0.39 is 0 Å². The minimum absolute atomic E-state index is 0.0121. The predicted molar refractivity (Wildman–Crippen MR) is 117 cm³/mol. The second-order valence-corrected chi connectivity index (χ2v) is 7.77. The zero-order chi connectivity index (χ0) is 22.0. The summed E-state index contributed by atoms with van der Waals surface area (Å²) in [7, 11) is 0. The van der Waals surface area contributed by atoms with Crippen molar-refractivity contribution in [3.8, 4) is 17.3 Å². The van der Waals surface area contributed by atoms with E-state index in [0.717, 1.165) is 5.56 Å². The summed E-state index contributed by atoms with van der Waals surface area (Å²) in [5.74, 6) is 0.872. The standard InChI is InChI=1S/C23H25N5O3/c1-14(2)28-21-18(13-26-28)17(11-19(27-21)20-8-6-10-30-20)22(29)25-12-16-7-5-9-24-23(16)31-15(3)4/h5-11,13-15H,12H2,1-4H3,(H,25,29). The smallest absolute Gasteiger partial charge is 0.252 e. The van der Waals surface area contributed by atoms with E-state index in [-0.39, 0.29) is 24.6 Å². The summed E-state index contributed by atoms with van der Waals surface area (Å²) in [4.78, 5) is 22.2. The number of pyridine rings is 2. The minimum atomic E-state index is -0.233. The number of carbonyl (C=O) groups is 1. The van der Waals surface area contributed by atoms with Crippen LogP contribution in [0.15, 0.2) is 53.4 Å². The molecule has 0 unspecified atom stereocenters. The third-order valence-corrected chi connectivity index (χ3v) is 4.71. The molecule has 4 aromatic heterocycles. The maximum Gasteiger partial charge on any atom is 0.252 e. The number of nitrogens with one attached hydrogen (secondary N) is 1. The van der Waals surface area contributed by atoms with Crippen molar-refractivity contribution in [2.24, 2.45) is 0 Å². The number of hydrogen-bond donors (Lipinski definition) is 1. The number of furan rings is 1. The molecule has 4 heterocycles. The molecule has 8 nitrogen and oxygen atoms in total. The third kappa shape index (κ3) is 4.28. The zero-order valence-corrected chi connectivity index (χ0v) is 18.0. The third-order valence-electron chi connectivity index (χ3n) is 4.71. The number of rotatable bonds is 7. The van der Waals surface area contributed by atoms with Crippen molar-refractivity contribution < 1.29 is 13.9 Å². The first-order valence-corrected chi connectivity index (χ1v) is 10.2. The Kier molecular flexibility index (Phi) is 5.70. The fraction of sp³-hybridized carbons (Fsp3) is 0.304. The fourth-order valence-electron chi connectivity index (χ4n) is 3.29. The predicted octanol–water partition coefficient (Wildman–Crippen LogP) is 4.38. The van der Waals surface area contributed by atoms with Gasteiger partial charge >= 0.3 is 0 Å². The van der Waals surface area contributed by atoms with Crippen molar-refractivity contribution >= 4 is 16.9 Å². The van der Waals surface area contributed by atoms with Crippen LogP contribution in [0.3, 0.4) is 0 Å². The Hall–Kier alpha value is -3.68. The summed E-state index contributed by atoms with van der Waals surface area (Å²) in [6.45, 7) is 8.20. The highest BCUT2D eigenvalue weighted by Gasteiger charge is 2.20. The summed E-state index contributed by atoms with van der Waals surface area (Å²) < 4.78 is 13.1. The lowest BCUT2D eigenvalue weighted by molar-refractivity contribution is 0.0952. The van der Waals surface area contributed by atoms with E-state index in [2.05, 4.69) is 15.4 Å². The second kappa shape index (κ2) is 8.59. The molecule has 160 valence electrons. The van der Waals surface area contributed by atoms with Crippen LogP contribution in [0.2, 0.25) is 0 Å². The number of carbonyl (C=O) groups excluding carboxylic acids is 1. The van der Waals surface area contributed by atoms with Crippen LogP contribution in [0.4, 0.5) is 0 Å². The van der Waals surface area contributed by atoms with Crippen molar-refractivity contribution in [3.05, 3.63) is 60.1 Å². The highest BCUT2D eigenvalue weighted by molar-refractivity contribution is 6.06. The summed E-state index contributed by atoms with van der Waals surface area (Å²) in [6, 6.07) is 9.15. The van der Waals surface area contributed by atoms with Crippen LogP contribution in [-0.4, -0.2) is 31.8 Å². The Balaban J connectivity index is 1.68. The molecule has 0 saturated heterocycles. The Morgan fingerprint density at radius 2 is 2.06 bits per heavy atom. The maximum atomic E-state index is 13.2. The van der Waals surface area contributed by atoms with Crippen molar-refractivity contribution in [1.82, 2.24) is 25.1 Å². The molecule has 0 aliphatic heterocycles. The average Bonchev–Trinajstić information content (AvgIpc) is 3.41. The molecule has 0 radical (unpaired) electrons. The van der Waals surface area contributed by atoms with E-state index in [0.29, 0.717) is 33.9 Å². The highest BCUT2D eigenvalue weighted by Crippen LogP contribution is 2.27. The largest absolute Gasteiger partial charge is 0.475 e. The number of aromatic nitrogens is 4. The number of amides is 1. The molecule has 0 aliphatic rings. The summed E-state index contributed by atoms with van der Waals surface area (Å²) in [5.41, 5.74) is 2.51. The Morgan fingerprint density at radius 3 is 2.77 bits per heavy atom. The SMILES string of the molecule is CC(C)Oc1ncccc1CNC(=O)c1cc(-c2ccco2)nc2c1cnn2C(C)C. The zero-order valence-electron chi connectivity index (χ0n) is 18.0. The van der Waals surface area contributed by atoms with Gasteiger partial charge in [0.15, 0.2) is 11.4 Å². The number of nitrogens with zero attached hydrogens (tertiary/aromatic N) is 4. The molecule has 31 heavy (non-hydrogen) atoms. The van der Waals surface area contributed by atoms with E-state index in [9.17, 15) is 4.79 Å². The Morgan fingerprint density at radius 1 is 1.23 bits per heavy atom. The van der Waals surface area contributed by atoms with Crippen LogP contribution in [0.25, 0.3) is 22.5 Å². The van der Waals surface area contributed by atoms with Crippen LogP contribution in [0.1, 0.15) is 49.7 Å². The van der Waals surface area contributed by atoms with Gasteiger partial charge in [-0.3, -0.25) is 4.79 Å². The molecule has 0 saturated carbocycles. The van der Waals surface area contributed by atoms with E-state index >= 15 is 0 Å². The second-order valence-electron chi connectivity index (χ2n) is 7.77. The lowest BCUT2D eigenvalue weighted by atomic mass is 10.1. The van der Waals surface area contributed by atoms with Crippen LogP contribution in [0, 0.1) is 0 Å². The fourth-order valence-corrected chi connectivity index (χ4v) is 3.29. The summed E-state index contributed by atoms with van der Waals surface area (Å²) in [5, 5.41) is 8.10. The molecule has 0 fully saturated rings. The van der Waals surface area contributed by atoms with Gasteiger partial charge in [0.2, 0.25) is 5.88 Å². The lowest BCUT2D eigenvalue weighted by Crippen LogP contribution is -2.24. The molecule has 4 aromatic rings. The van der Waals surface area contributed by atoms with Gasteiger partial charge in [-0.1, -0.05) is 6.07 Å². The maximum absolute atomic E-state index is 13.2. The molecule has 0 aliphatic carbocycles. The van der Waals surface area contributed by atoms with Crippen LogP contribution >= 0.6 is 0 Å². The van der Waals surface area contributed by atoms with Crippen molar-refractivity contribution in [1.29, 1.82) is 0 Å². The molecule has 0 bridgehead atoms. The van der Waals surface area contributed by atoms with Gasteiger partial charge in [0.05, 0.1) is 29.5 Å². The molecule has 8 heteroatoms. The summed E-state index contributed by atoms with van der Waals surface area (Å²) in [6.07, 6.45) is 4.92. The first-order valence-electron chi connectivity index (χ1n) is 10.2. The van der Waals surface area contributed by atoms with Crippen LogP contribution < -0.4 is 10.1 Å². The van der Waals surface area contributed by atoms with Gasteiger partial charge in [0.1, 0.15) is 5.69 Å². The molecule has 0 spiro atoms. The van der Waals surface area contributed by atoms with Crippen molar-refractivity contribution in [2.45, 2.75) is 46.4 Å². The molecule has 0 atom stereocenters. The Bertz CT molecular complexity index is 1200. The van der Waals surface area contributed by atoms with Gasteiger partial charge in [0, 0.05) is 24.3 Å². The monoisotopic (exact) mass is 419 g/mol. The van der Waals surface area contributed by atoms with Crippen LogP contribution in [0.5, 0.6) is 5.88 Å². The van der Waals surface area contributed by atoms with Crippen LogP contribution in [-0.2, 0) is 6.54 Å². The highest BCUT2D eigenvalue weighted by atomic mass is 16.5. The van der Waals surface area contributed by atoms with Gasteiger partial charge in [-0.05, 0) is 52.0 Å². The molecule has 4 rings (SSSR count). The quantitative estimate of drug-likeness (QED) is 0.477. The van der Waals surface area contributed by atoms with Gasteiger partial charge in [-0.2, -0.15) is 5.10 Å². The molecule has 0 aromatic carbocycles. The minimum Gasteiger partial charge on any atom is -0.475 e. The van der Waals surface area contributed by atoms with E-state index in [1.54, 1.807) is 35.5 Å². The number of fused-ring (bicyclic) bond motifs is 1. The van der Waals surface area contributed by atoms with E-state index in [1.165, 1.54) is 0 Å². The lowest BCUT2D eigenvalue weighted by Gasteiger charge is -2.14. The van der Waals surface area contributed by atoms with E-state index in [1.807, 2.05) is 45.9 Å². The van der Waals surface area contributed by atoms with Crippen molar-refractivity contribution in [2.75, 3.05) is 0 Å². The number of ether oxygens (including phenoxy) is 1. The first kappa shape index (κ1) is 20.6.